The normalized spacial score (nSPS) is 21.1. The number of hydrogen-bond donors (Lipinski definition) is 3. The Bertz CT molecular complexity index is 398. The number of nitrogens with one attached hydrogen (secondary N) is 1. The van der Waals surface area contributed by atoms with Crippen molar-refractivity contribution < 1.29 is 14.9 Å². The average Bonchev–Trinajstić information content (AvgIpc) is 2.34. The lowest BCUT2D eigenvalue weighted by Crippen LogP contribution is -2.44. The van der Waals surface area contributed by atoms with E-state index in [1.54, 1.807) is 12.1 Å². The van der Waals surface area contributed by atoms with Gasteiger partial charge in [0.15, 0.2) is 11.5 Å². The van der Waals surface area contributed by atoms with Gasteiger partial charge < -0.3 is 25.2 Å². The molecule has 0 radical (unpaired) electrons. The SMILES string of the molecule is CN1CCOC(CNCc2ccc(O)c(O)c2)C1. The van der Waals surface area contributed by atoms with Crippen molar-refractivity contribution in [2.24, 2.45) is 0 Å². The van der Waals surface area contributed by atoms with Gasteiger partial charge in [-0.2, -0.15) is 0 Å². The van der Waals surface area contributed by atoms with Crippen molar-refractivity contribution in [3.8, 4) is 11.5 Å². The first-order chi connectivity index (χ1) is 8.65. The van der Waals surface area contributed by atoms with Gasteiger partial charge in [0, 0.05) is 26.2 Å². The minimum atomic E-state index is -0.0870. The summed E-state index contributed by atoms with van der Waals surface area (Å²) in [6.45, 7) is 4.14. The molecule has 1 saturated heterocycles. The van der Waals surface area contributed by atoms with Crippen LogP contribution >= 0.6 is 0 Å². The Kier molecular flexibility index (Phi) is 4.41. The molecule has 5 nitrogen and oxygen atoms in total. The van der Waals surface area contributed by atoms with Gasteiger partial charge in [0.1, 0.15) is 0 Å². The maximum atomic E-state index is 9.37. The van der Waals surface area contributed by atoms with Gasteiger partial charge in [-0.3, -0.25) is 0 Å². The van der Waals surface area contributed by atoms with E-state index >= 15 is 0 Å². The lowest BCUT2D eigenvalue weighted by molar-refractivity contribution is -0.0182. The molecular formula is C13H20N2O3. The van der Waals surface area contributed by atoms with E-state index in [0.29, 0.717) is 6.54 Å². The minimum absolute atomic E-state index is 0.0806. The molecule has 1 unspecified atom stereocenters. The molecular weight excluding hydrogens is 232 g/mol. The second-order valence-corrected chi connectivity index (χ2v) is 4.71. The third-order valence-corrected chi connectivity index (χ3v) is 3.08. The molecule has 18 heavy (non-hydrogen) atoms. The molecule has 0 spiro atoms. The number of ether oxygens (including phenoxy) is 1. The molecule has 5 heteroatoms. The smallest absolute Gasteiger partial charge is 0.157 e. The Morgan fingerprint density at radius 2 is 2.22 bits per heavy atom. The van der Waals surface area contributed by atoms with E-state index in [1.807, 2.05) is 0 Å². The largest absolute Gasteiger partial charge is 0.504 e. The molecule has 1 aliphatic heterocycles. The van der Waals surface area contributed by atoms with Crippen LogP contribution in [-0.4, -0.2) is 54.5 Å². The van der Waals surface area contributed by atoms with Gasteiger partial charge in [0.05, 0.1) is 12.7 Å². The molecule has 0 amide bonds. The first-order valence-electron chi connectivity index (χ1n) is 6.17. The van der Waals surface area contributed by atoms with Gasteiger partial charge in [-0.25, -0.2) is 0 Å². The highest BCUT2D eigenvalue weighted by atomic mass is 16.5. The molecule has 1 fully saturated rings. The lowest BCUT2D eigenvalue weighted by atomic mass is 10.2. The maximum Gasteiger partial charge on any atom is 0.157 e. The Morgan fingerprint density at radius 1 is 1.39 bits per heavy atom. The van der Waals surface area contributed by atoms with Gasteiger partial charge in [-0.15, -0.1) is 0 Å². The number of likely N-dealkylation sites (N-methyl/N-ethyl adjacent to an activating group) is 1. The van der Waals surface area contributed by atoms with Gasteiger partial charge in [0.2, 0.25) is 0 Å². The van der Waals surface area contributed by atoms with Crippen molar-refractivity contribution >= 4 is 0 Å². The van der Waals surface area contributed by atoms with Crippen molar-refractivity contribution in [2.75, 3.05) is 33.3 Å². The topological polar surface area (TPSA) is 65.0 Å². The quantitative estimate of drug-likeness (QED) is 0.682. The van der Waals surface area contributed by atoms with E-state index in [-0.39, 0.29) is 17.6 Å². The number of nitrogens with zero attached hydrogens (tertiary/aromatic N) is 1. The molecule has 0 aliphatic carbocycles. The van der Waals surface area contributed by atoms with Crippen LogP contribution in [0.1, 0.15) is 5.56 Å². The second-order valence-electron chi connectivity index (χ2n) is 4.71. The molecule has 3 N–H and O–H groups in total. The summed E-state index contributed by atoms with van der Waals surface area (Å²) in [7, 11) is 2.09. The van der Waals surface area contributed by atoms with Crippen LogP contribution in [0.2, 0.25) is 0 Å². The van der Waals surface area contributed by atoms with Crippen molar-refractivity contribution in [1.29, 1.82) is 0 Å². The number of phenolic OH excluding ortho intramolecular Hbond substituents is 2. The van der Waals surface area contributed by atoms with Crippen LogP contribution in [0.15, 0.2) is 18.2 Å². The molecule has 2 rings (SSSR count). The molecule has 1 aromatic rings. The van der Waals surface area contributed by atoms with Crippen LogP contribution in [0.5, 0.6) is 11.5 Å². The number of phenols is 2. The van der Waals surface area contributed by atoms with Crippen LogP contribution in [0, 0.1) is 0 Å². The molecule has 0 saturated carbocycles. The monoisotopic (exact) mass is 252 g/mol. The summed E-state index contributed by atoms with van der Waals surface area (Å²) in [4.78, 5) is 2.25. The van der Waals surface area contributed by atoms with Crippen molar-refractivity contribution in [1.82, 2.24) is 10.2 Å². The average molecular weight is 252 g/mol. The van der Waals surface area contributed by atoms with Gasteiger partial charge >= 0.3 is 0 Å². The molecule has 1 atom stereocenters. The van der Waals surface area contributed by atoms with Crippen LogP contribution in [0.3, 0.4) is 0 Å². The number of benzene rings is 1. The van der Waals surface area contributed by atoms with Gasteiger partial charge in [0.25, 0.3) is 0 Å². The molecule has 1 aromatic carbocycles. The third kappa shape index (κ3) is 3.60. The van der Waals surface area contributed by atoms with Crippen LogP contribution < -0.4 is 5.32 Å². The fourth-order valence-electron chi connectivity index (χ4n) is 2.05. The van der Waals surface area contributed by atoms with E-state index in [0.717, 1.165) is 31.8 Å². The summed E-state index contributed by atoms with van der Waals surface area (Å²) < 4.78 is 5.64. The van der Waals surface area contributed by atoms with E-state index in [1.165, 1.54) is 6.07 Å². The molecule has 0 aromatic heterocycles. The fraction of sp³-hybridized carbons (Fsp3) is 0.538. The van der Waals surface area contributed by atoms with E-state index in [2.05, 4.69) is 17.3 Å². The van der Waals surface area contributed by atoms with Crippen LogP contribution in [0.4, 0.5) is 0 Å². The van der Waals surface area contributed by atoms with E-state index in [4.69, 9.17) is 4.74 Å². The van der Waals surface area contributed by atoms with E-state index < -0.39 is 0 Å². The zero-order valence-electron chi connectivity index (χ0n) is 10.6. The van der Waals surface area contributed by atoms with Crippen molar-refractivity contribution in [3.63, 3.8) is 0 Å². The summed E-state index contributed by atoms with van der Waals surface area (Å²) in [6.07, 6.45) is 0.217. The molecule has 1 heterocycles. The standard InChI is InChI=1S/C13H20N2O3/c1-15-4-5-18-11(9-15)8-14-7-10-2-3-12(16)13(17)6-10/h2-3,6,11,14,16-17H,4-5,7-9H2,1H3. The van der Waals surface area contributed by atoms with Gasteiger partial charge in [-0.05, 0) is 24.7 Å². The Morgan fingerprint density at radius 3 is 2.94 bits per heavy atom. The highest BCUT2D eigenvalue weighted by Gasteiger charge is 2.16. The Labute approximate surface area is 107 Å². The highest BCUT2D eigenvalue weighted by Crippen LogP contribution is 2.24. The first-order valence-corrected chi connectivity index (χ1v) is 6.17. The number of morpholine rings is 1. The zero-order valence-corrected chi connectivity index (χ0v) is 10.6. The summed E-state index contributed by atoms with van der Waals surface area (Å²) >= 11 is 0. The Balaban J connectivity index is 1.76. The lowest BCUT2D eigenvalue weighted by Gasteiger charge is -2.30. The number of rotatable bonds is 4. The second kappa shape index (κ2) is 6.04. The number of aromatic hydroxyl groups is 2. The van der Waals surface area contributed by atoms with Gasteiger partial charge in [-0.1, -0.05) is 6.07 Å². The van der Waals surface area contributed by atoms with Crippen LogP contribution in [0.25, 0.3) is 0 Å². The summed E-state index contributed by atoms with van der Waals surface area (Å²) in [5, 5.41) is 21.9. The third-order valence-electron chi connectivity index (χ3n) is 3.08. The van der Waals surface area contributed by atoms with Crippen LogP contribution in [-0.2, 0) is 11.3 Å². The maximum absolute atomic E-state index is 9.37. The zero-order chi connectivity index (χ0) is 13.0. The molecule has 1 aliphatic rings. The Hall–Kier alpha value is -1.30. The van der Waals surface area contributed by atoms with E-state index in [9.17, 15) is 10.2 Å². The molecule has 0 bridgehead atoms. The minimum Gasteiger partial charge on any atom is -0.504 e. The van der Waals surface area contributed by atoms with Crippen molar-refractivity contribution in [2.45, 2.75) is 12.6 Å². The number of hydrogen-bond acceptors (Lipinski definition) is 5. The fourth-order valence-corrected chi connectivity index (χ4v) is 2.05. The predicted octanol–water partition coefficient (Wildman–Crippen LogP) is 0.518. The summed E-state index contributed by atoms with van der Waals surface area (Å²) in [5.41, 5.74) is 0.939. The highest BCUT2D eigenvalue weighted by molar-refractivity contribution is 5.40. The first kappa shape index (κ1) is 13.1. The van der Waals surface area contributed by atoms with Crippen molar-refractivity contribution in [3.05, 3.63) is 23.8 Å². The summed E-state index contributed by atoms with van der Waals surface area (Å²) in [5.74, 6) is -0.168. The summed E-state index contributed by atoms with van der Waals surface area (Å²) in [6, 6.07) is 4.85. The molecule has 100 valence electrons. The predicted molar refractivity (Wildman–Crippen MR) is 68.7 cm³/mol.